The zero-order chi connectivity index (χ0) is 29.3. The molecule has 214 valence electrons. The predicted octanol–water partition coefficient (Wildman–Crippen LogP) is 7.20. The van der Waals surface area contributed by atoms with Crippen LogP contribution in [0.3, 0.4) is 0 Å². The molecule has 2 aromatic rings. The van der Waals surface area contributed by atoms with E-state index in [2.05, 4.69) is 10.6 Å². The van der Waals surface area contributed by atoms with E-state index in [1.165, 1.54) is 0 Å². The Balaban J connectivity index is 2.57. The average molecular weight is 558 g/mol. The van der Waals surface area contributed by atoms with Crippen molar-refractivity contribution in [3.63, 3.8) is 0 Å². The van der Waals surface area contributed by atoms with Gasteiger partial charge in [0.2, 0.25) is 5.91 Å². The van der Waals surface area contributed by atoms with E-state index >= 15 is 0 Å². The van der Waals surface area contributed by atoms with E-state index < -0.39 is 23.8 Å². The molecule has 7 nitrogen and oxygen atoms in total. The van der Waals surface area contributed by atoms with Gasteiger partial charge in [0.15, 0.2) is 0 Å². The number of alkyl carbamates (subject to hydrolysis) is 1. The van der Waals surface area contributed by atoms with Gasteiger partial charge in [0, 0.05) is 6.54 Å². The molecule has 2 rings (SSSR count). The Hall–Kier alpha value is -3.06. The van der Waals surface area contributed by atoms with Gasteiger partial charge in [0.25, 0.3) is 5.91 Å². The summed E-state index contributed by atoms with van der Waals surface area (Å²) in [5.74, 6) is -0.901. The van der Waals surface area contributed by atoms with Crippen LogP contribution in [-0.2, 0) is 14.3 Å². The van der Waals surface area contributed by atoms with E-state index in [1.54, 1.807) is 31.7 Å². The van der Waals surface area contributed by atoms with Gasteiger partial charge in [-0.15, -0.1) is 0 Å². The maximum absolute atomic E-state index is 14.3. The fourth-order valence-corrected chi connectivity index (χ4v) is 4.46. The molecule has 3 atom stereocenters. The van der Waals surface area contributed by atoms with Crippen LogP contribution in [0.2, 0.25) is 5.02 Å². The molecule has 0 bridgehead atoms. The summed E-state index contributed by atoms with van der Waals surface area (Å²) in [6, 6.07) is 11.2. The van der Waals surface area contributed by atoms with Crippen molar-refractivity contribution in [2.75, 3.05) is 11.9 Å². The van der Waals surface area contributed by atoms with Gasteiger partial charge in [0.1, 0.15) is 17.7 Å². The molecule has 3 unspecified atom stereocenters. The highest BCUT2D eigenvalue weighted by molar-refractivity contribution is 6.34. The molecule has 0 aliphatic rings. The SMILES string of the molecule is CCCCN(C(=O)C(NC(=O)OC(C)(C)C)C(C)CC)C(C(=O)Nc1c(C)cccc1Cl)c1ccc(C)cc1. The Morgan fingerprint density at radius 3 is 2.21 bits per heavy atom. The largest absolute Gasteiger partial charge is 0.444 e. The number of nitrogens with one attached hydrogen (secondary N) is 2. The molecule has 3 amide bonds. The second-order valence-electron chi connectivity index (χ2n) is 11.1. The molecule has 0 saturated heterocycles. The minimum atomic E-state index is -0.938. The molecule has 0 aromatic heterocycles. The van der Waals surface area contributed by atoms with Gasteiger partial charge in [0.05, 0.1) is 10.7 Å². The molecule has 0 heterocycles. The molecule has 8 heteroatoms. The third-order valence-corrected chi connectivity index (χ3v) is 6.93. The quantitative estimate of drug-likeness (QED) is 0.305. The minimum absolute atomic E-state index is 0.193. The lowest BCUT2D eigenvalue weighted by Crippen LogP contribution is -2.55. The zero-order valence-electron chi connectivity index (χ0n) is 24.6. The topological polar surface area (TPSA) is 87.7 Å². The summed E-state index contributed by atoms with van der Waals surface area (Å²) in [5, 5.41) is 6.20. The monoisotopic (exact) mass is 557 g/mol. The summed E-state index contributed by atoms with van der Waals surface area (Å²) in [6.07, 6.45) is 1.49. The van der Waals surface area contributed by atoms with Crippen molar-refractivity contribution < 1.29 is 19.1 Å². The number of anilines is 1. The third kappa shape index (κ3) is 9.27. The van der Waals surface area contributed by atoms with Crippen molar-refractivity contribution in [3.8, 4) is 0 Å². The summed E-state index contributed by atoms with van der Waals surface area (Å²) < 4.78 is 5.47. The number of ether oxygens (including phenoxy) is 1. The number of aryl methyl sites for hydroxylation is 2. The number of carbonyl (C=O) groups is 3. The molecule has 0 spiro atoms. The summed E-state index contributed by atoms with van der Waals surface area (Å²) in [5.41, 5.74) is 2.32. The van der Waals surface area contributed by atoms with E-state index in [-0.39, 0.29) is 17.7 Å². The Bertz CT molecular complexity index is 1110. The van der Waals surface area contributed by atoms with Crippen LogP contribution < -0.4 is 10.6 Å². The number of para-hydroxylation sites is 1. The van der Waals surface area contributed by atoms with Gasteiger partial charge < -0.3 is 20.3 Å². The highest BCUT2D eigenvalue weighted by atomic mass is 35.5. The van der Waals surface area contributed by atoms with Crippen molar-refractivity contribution in [3.05, 3.63) is 64.2 Å². The average Bonchev–Trinajstić information content (AvgIpc) is 2.86. The molecular formula is C31H44ClN3O4. The first-order chi connectivity index (χ1) is 18.3. The Labute approximate surface area is 238 Å². The van der Waals surface area contributed by atoms with Crippen molar-refractivity contribution >= 4 is 35.2 Å². The van der Waals surface area contributed by atoms with Gasteiger partial charge in [-0.2, -0.15) is 0 Å². The van der Waals surface area contributed by atoms with Crippen LogP contribution in [0.5, 0.6) is 0 Å². The van der Waals surface area contributed by atoms with Crippen LogP contribution in [0, 0.1) is 19.8 Å². The summed E-state index contributed by atoms with van der Waals surface area (Å²) in [6.45, 7) is 15.4. The van der Waals surface area contributed by atoms with Crippen molar-refractivity contribution in [2.24, 2.45) is 5.92 Å². The fraction of sp³-hybridized carbons (Fsp3) is 0.516. The van der Waals surface area contributed by atoms with Crippen LogP contribution in [0.25, 0.3) is 0 Å². The molecular weight excluding hydrogens is 514 g/mol. The third-order valence-electron chi connectivity index (χ3n) is 6.61. The number of nitrogens with zero attached hydrogens (tertiary/aromatic N) is 1. The van der Waals surface area contributed by atoms with Gasteiger partial charge in [-0.3, -0.25) is 9.59 Å². The van der Waals surface area contributed by atoms with E-state index in [0.29, 0.717) is 35.7 Å². The van der Waals surface area contributed by atoms with E-state index in [4.69, 9.17) is 16.3 Å². The number of hydrogen-bond acceptors (Lipinski definition) is 4. The van der Waals surface area contributed by atoms with Crippen molar-refractivity contribution in [1.82, 2.24) is 10.2 Å². The lowest BCUT2D eigenvalue weighted by Gasteiger charge is -2.36. The first-order valence-electron chi connectivity index (χ1n) is 13.7. The number of rotatable bonds is 11. The number of benzene rings is 2. The first-order valence-corrected chi connectivity index (χ1v) is 14.1. The number of hydrogen-bond donors (Lipinski definition) is 2. The number of unbranched alkanes of at least 4 members (excludes halogenated alkanes) is 1. The summed E-state index contributed by atoms with van der Waals surface area (Å²) in [4.78, 5) is 42.6. The lowest BCUT2D eigenvalue weighted by molar-refractivity contribution is -0.142. The molecule has 0 saturated carbocycles. The first kappa shape index (κ1) is 32.2. The van der Waals surface area contributed by atoms with Gasteiger partial charge in [-0.1, -0.05) is 87.2 Å². The Morgan fingerprint density at radius 2 is 1.67 bits per heavy atom. The highest BCUT2D eigenvalue weighted by Gasteiger charge is 2.38. The van der Waals surface area contributed by atoms with Crippen LogP contribution >= 0.6 is 11.6 Å². The van der Waals surface area contributed by atoms with Crippen molar-refractivity contribution in [2.45, 2.75) is 92.3 Å². The highest BCUT2D eigenvalue weighted by Crippen LogP contribution is 2.30. The standard InChI is InChI=1S/C31H44ClN3O4/c1-9-11-19-35(29(37)26(21(4)10-2)34-30(38)39-31(6,7)8)27(23-17-15-20(3)16-18-23)28(36)33-25-22(5)13-12-14-24(25)32/h12-18,21,26-27H,9-11,19H2,1-8H3,(H,33,36)(H,34,38). The molecule has 0 radical (unpaired) electrons. The van der Waals surface area contributed by atoms with E-state index in [0.717, 1.165) is 17.5 Å². The number of carbonyl (C=O) groups excluding carboxylic acids is 3. The van der Waals surface area contributed by atoms with Crippen LogP contribution in [0.15, 0.2) is 42.5 Å². The molecule has 2 aromatic carbocycles. The maximum atomic E-state index is 14.3. The van der Waals surface area contributed by atoms with Crippen LogP contribution in [-0.4, -0.2) is 41.0 Å². The zero-order valence-corrected chi connectivity index (χ0v) is 25.3. The smallest absolute Gasteiger partial charge is 0.408 e. The molecule has 0 fully saturated rings. The minimum Gasteiger partial charge on any atom is -0.444 e. The van der Waals surface area contributed by atoms with Gasteiger partial charge in [-0.25, -0.2) is 4.79 Å². The van der Waals surface area contributed by atoms with Gasteiger partial charge in [-0.05, 0) is 64.2 Å². The molecule has 0 aliphatic heterocycles. The molecule has 0 aliphatic carbocycles. The van der Waals surface area contributed by atoms with Crippen molar-refractivity contribution in [1.29, 1.82) is 0 Å². The Kier molecular flexibility index (Phi) is 11.8. The second-order valence-corrected chi connectivity index (χ2v) is 11.5. The summed E-state index contributed by atoms with van der Waals surface area (Å²) >= 11 is 6.43. The Morgan fingerprint density at radius 1 is 1.03 bits per heavy atom. The maximum Gasteiger partial charge on any atom is 0.408 e. The van der Waals surface area contributed by atoms with Crippen LogP contribution in [0.4, 0.5) is 10.5 Å². The van der Waals surface area contributed by atoms with E-state index in [1.807, 2.05) is 71.0 Å². The predicted molar refractivity (Wildman–Crippen MR) is 158 cm³/mol. The van der Waals surface area contributed by atoms with Crippen LogP contribution in [0.1, 0.15) is 83.5 Å². The van der Waals surface area contributed by atoms with E-state index in [9.17, 15) is 14.4 Å². The number of amides is 3. The molecule has 39 heavy (non-hydrogen) atoms. The fourth-order valence-electron chi connectivity index (χ4n) is 4.19. The normalized spacial score (nSPS) is 13.7. The summed E-state index contributed by atoms with van der Waals surface area (Å²) in [7, 11) is 0. The molecule has 2 N–H and O–H groups in total. The van der Waals surface area contributed by atoms with Gasteiger partial charge >= 0.3 is 6.09 Å². The lowest BCUT2D eigenvalue weighted by atomic mass is 9.95. The number of halogens is 1. The second kappa shape index (κ2) is 14.4.